The third-order valence-corrected chi connectivity index (χ3v) is 2.54. The largest absolute Gasteiger partial charge is 0.270 e. The molecule has 0 aliphatic heterocycles. The zero-order chi connectivity index (χ0) is 12.3. The molecule has 17 heavy (non-hydrogen) atoms. The second kappa shape index (κ2) is 4.99. The first-order valence-corrected chi connectivity index (χ1v) is 5.21. The van der Waals surface area contributed by atoms with Gasteiger partial charge in [-0.05, 0) is 30.2 Å². The number of hydrogen-bond donors (Lipinski definition) is 2. The smallest absolute Gasteiger partial charge is 0.150 e. The van der Waals surface area contributed by atoms with Crippen LogP contribution in [0.15, 0.2) is 36.7 Å². The van der Waals surface area contributed by atoms with E-state index in [1.165, 1.54) is 6.07 Å². The summed E-state index contributed by atoms with van der Waals surface area (Å²) >= 11 is 0. The zero-order valence-corrected chi connectivity index (χ0v) is 9.39. The molecule has 1 atom stereocenters. The van der Waals surface area contributed by atoms with E-state index in [-0.39, 0.29) is 5.82 Å². The van der Waals surface area contributed by atoms with Crippen molar-refractivity contribution in [3.63, 3.8) is 0 Å². The SMILES string of the molecule is Cc1ccc(C(NN)c2ncccn2)cc1F. The Bertz CT molecular complexity index is 501. The summed E-state index contributed by atoms with van der Waals surface area (Å²) in [7, 11) is 0. The monoisotopic (exact) mass is 232 g/mol. The fourth-order valence-electron chi connectivity index (χ4n) is 1.57. The van der Waals surface area contributed by atoms with E-state index in [0.717, 1.165) is 0 Å². The van der Waals surface area contributed by atoms with Crippen molar-refractivity contribution in [2.75, 3.05) is 0 Å². The van der Waals surface area contributed by atoms with Crippen LogP contribution in [0.1, 0.15) is 23.0 Å². The molecule has 0 spiro atoms. The van der Waals surface area contributed by atoms with Crippen molar-refractivity contribution in [3.05, 3.63) is 59.4 Å². The lowest BCUT2D eigenvalue weighted by Crippen LogP contribution is -2.30. The molecule has 0 aliphatic carbocycles. The molecular weight excluding hydrogens is 219 g/mol. The summed E-state index contributed by atoms with van der Waals surface area (Å²) in [4.78, 5) is 8.20. The van der Waals surface area contributed by atoms with Gasteiger partial charge in [0.2, 0.25) is 0 Å². The van der Waals surface area contributed by atoms with Crippen LogP contribution < -0.4 is 11.3 Å². The third kappa shape index (κ3) is 2.46. The van der Waals surface area contributed by atoms with Crippen LogP contribution in [0.5, 0.6) is 0 Å². The van der Waals surface area contributed by atoms with E-state index >= 15 is 0 Å². The van der Waals surface area contributed by atoms with Gasteiger partial charge in [-0.3, -0.25) is 5.84 Å². The number of nitrogens with zero attached hydrogens (tertiary/aromatic N) is 2. The van der Waals surface area contributed by atoms with Crippen LogP contribution in [-0.4, -0.2) is 9.97 Å². The first kappa shape index (κ1) is 11.6. The maximum atomic E-state index is 13.5. The number of aromatic nitrogens is 2. The van der Waals surface area contributed by atoms with Gasteiger partial charge >= 0.3 is 0 Å². The van der Waals surface area contributed by atoms with Gasteiger partial charge in [-0.15, -0.1) is 0 Å². The van der Waals surface area contributed by atoms with Gasteiger partial charge in [0.15, 0.2) is 5.82 Å². The Morgan fingerprint density at radius 1 is 1.29 bits per heavy atom. The van der Waals surface area contributed by atoms with Crippen molar-refractivity contribution in [3.8, 4) is 0 Å². The van der Waals surface area contributed by atoms with Crippen LogP contribution in [0.2, 0.25) is 0 Å². The van der Waals surface area contributed by atoms with E-state index in [1.807, 2.05) is 0 Å². The molecule has 1 unspecified atom stereocenters. The van der Waals surface area contributed by atoms with Crippen molar-refractivity contribution in [2.24, 2.45) is 5.84 Å². The summed E-state index contributed by atoms with van der Waals surface area (Å²) in [6.07, 6.45) is 3.24. The molecule has 0 aliphatic rings. The minimum Gasteiger partial charge on any atom is -0.270 e. The standard InChI is InChI=1S/C12H13FN4/c1-8-3-4-9(7-10(8)13)11(17-14)12-15-5-2-6-16-12/h2-7,11,17H,14H2,1H3. The van der Waals surface area contributed by atoms with Crippen LogP contribution in [0, 0.1) is 12.7 Å². The van der Waals surface area contributed by atoms with Crippen LogP contribution in [-0.2, 0) is 0 Å². The summed E-state index contributed by atoms with van der Waals surface area (Å²) < 4.78 is 13.5. The predicted molar refractivity (Wildman–Crippen MR) is 62.3 cm³/mol. The highest BCUT2D eigenvalue weighted by molar-refractivity contribution is 5.29. The summed E-state index contributed by atoms with van der Waals surface area (Å²) in [6.45, 7) is 1.71. The summed E-state index contributed by atoms with van der Waals surface area (Å²) in [5.74, 6) is 5.72. The molecule has 0 saturated carbocycles. The van der Waals surface area contributed by atoms with Gasteiger partial charge in [0.05, 0.1) is 0 Å². The Hall–Kier alpha value is -1.85. The van der Waals surface area contributed by atoms with Crippen LogP contribution in [0.3, 0.4) is 0 Å². The van der Waals surface area contributed by atoms with Gasteiger partial charge in [0.25, 0.3) is 0 Å². The Kier molecular flexibility index (Phi) is 3.41. The van der Waals surface area contributed by atoms with Crippen LogP contribution >= 0.6 is 0 Å². The molecule has 3 N–H and O–H groups in total. The highest BCUT2D eigenvalue weighted by atomic mass is 19.1. The molecular formula is C12H13FN4. The highest BCUT2D eigenvalue weighted by Crippen LogP contribution is 2.19. The minimum atomic E-state index is -0.411. The number of aryl methyl sites for hydroxylation is 1. The number of rotatable bonds is 3. The molecule has 0 amide bonds. The molecule has 88 valence electrons. The molecule has 1 heterocycles. The Labute approximate surface area is 98.7 Å². The predicted octanol–water partition coefficient (Wildman–Crippen LogP) is 1.48. The van der Waals surface area contributed by atoms with E-state index in [9.17, 15) is 4.39 Å². The first-order chi connectivity index (χ1) is 8.22. The number of benzene rings is 1. The number of nitrogens with one attached hydrogen (secondary N) is 1. The van der Waals surface area contributed by atoms with Crippen molar-refractivity contribution >= 4 is 0 Å². The van der Waals surface area contributed by atoms with E-state index < -0.39 is 6.04 Å². The normalized spacial score (nSPS) is 12.4. The van der Waals surface area contributed by atoms with Crippen LogP contribution in [0.25, 0.3) is 0 Å². The quantitative estimate of drug-likeness (QED) is 0.621. The summed E-state index contributed by atoms with van der Waals surface area (Å²) in [5.41, 5.74) is 3.88. The molecule has 0 saturated heterocycles. The number of hydrogen-bond acceptors (Lipinski definition) is 4. The molecule has 2 aromatic rings. The van der Waals surface area contributed by atoms with Crippen LogP contribution in [0.4, 0.5) is 4.39 Å². The zero-order valence-electron chi connectivity index (χ0n) is 9.39. The van der Waals surface area contributed by atoms with Crippen molar-refractivity contribution in [1.82, 2.24) is 15.4 Å². The number of hydrazine groups is 1. The Morgan fingerprint density at radius 2 is 2.00 bits per heavy atom. The highest BCUT2D eigenvalue weighted by Gasteiger charge is 2.15. The average molecular weight is 232 g/mol. The summed E-state index contributed by atoms with van der Waals surface area (Å²) in [5, 5.41) is 0. The molecule has 4 nitrogen and oxygen atoms in total. The van der Waals surface area contributed by atoms with Gasteiger partial charge in [-0.1, -0.05) is 12.1 Å². The minimum absolute atomic E-state index is 0.265. The van der Waals surface area contributed by atoms with Crippen molar-refractivity contribution < 1.29 is 4.39 Å². The molecule has 1 aromatic heterocycles. The molecule has 0 radical (unpaired) electrons. The van der Waals surface area contributed by atoms with Gasteiger partial charge in [0.1, 0.15) is 11.9 Å². The lowest BCUT2D eigenvalue weighted by Gasteiger charge is -2.15. The number of halogens is 1. The van der Waals surface area contributed by atoms with E-state index in [4.69, 9.17) is 5.84 Å². The molecule has 0 fully saturated rings. The molecule has 2 rings (SSSR count). The second-order valence-electron chi connectivity index (χ2n) is 3.72. The Morgan fingerprint density at radius 3 is 2.59 bits per heavy atom. The topological polar surface area (TPSA) is 63.8 Å². The second-order valence-corrected chi connectivity index (χ2v) is 3.72. The number of nitrogens with two attached hydrogens (primary N) is 1. The van der Waals surface area contributed by atoms with E-state index in [1.54, 1.807) is 37.5 Å². The first-order valence-electron chi connectivity index (χ1n) is 5.21. The summed E-state index contributed by atoms with van der Waals surface area (Å²) in [6, 6.07) is 6.26. The lowest BCUT2D eigenvalue weighted by atomic mass is 10.0. The van der Waals surface area contributed by atoms with E-state index in [0.29, 0.717) is 17.0 Å². The Balaban J connectivity index is 2.39. The van der Waals surface area contributed by atoms with Gasteiger partial charge in [-0.2, -0.15) is 0 Å². The van der Waals surface area contributed by atoms with Gasteiger partial charge in [0, 0.05) is 12.4 Å². The average Bonchev–Trinajstić information content (AvgIpc) is 2.36. The van der Waals surface area contributed by atoms with Gasteiger partial charge in [-0.25, -0.2) is 19.8 Å². The molecule has 5 heteroatoms. The fourth-order valence-corrected chi connectivity index (χ4v) is 1.57. The van der Waals surface area contributed by atoms with Crippen molar-refractivity contribution in [2.45, 2.75) is 13.0 Å². The molecule has 0 bridgehead atoms. The van der Waals surface area contributed by atoms with E-state index in [2.05, 4.69) is 15.4 Å². The maximum Gasteiger partial charge on any atom is 0.150 e. The van der Waals surface area contributed by atoms with Gasteiger partial charge < -0.3 is 0 Å². The lowest BCUT2D eigenvalue weighted by molar-refractivity contribution is 0.582. The maximum absolute atomic E-state index is 13.5. The fraction of sp³-hybridized carbons (Fsp3) is 0.167. The van der Waals surface area contributed by atoms with Crippen molar-refractivity contribution in [1.29, 1.82) is 0 Å². The molecule has 1 aromatic carbocycles. The third-order valence-electron chi connectivity index (χ3n) is 2.54.